The van der Waals surface area contributed by atoms with Gasteiger partial charge in [0.15, 0.2) is 0 Å². The largest absolute Gasteiger partial charge is 0.324 e. The minimum absolute atomic E-state index is 0.202. The van der Waals surface area contributed by atoms with Gasteiger partial charge in [-0.15, -0.1) is 0 Å². The molecule has 0 radical (unpaired) electrons. The molecule has 2 heteroatoms. The lowest BCUT2D eigenvalue weighted by Gasteiger charge is -2.40. The van der Waals surface area contributed by atoms with Gasteiger partial charge in [-0.2, -0.15) is 0 Å². The second-order valence-corrected chi connectivity index (χ2v) is 7.04. The van der Waals surface area contributed by atoms with Crippen LogP contribution in [0, 0.1) is 5.92 Å². The van der Waals surface area contributed by atoms with Crippen LogP contribution in [0.5, 0.6) is 0 Å². The summed E-state index contributed by atoms with van der Waals surface area (Å²) in [6.07, 6.45) is 13.7. The predicted octanol–water partition coefficient (Wildman–Crippen LogP) is 3.94. The third kappa shape index (κ3) is 3.72. The molecule has 2 N–H and O–H groups in total. The molecule has 2 rings (SSSR count). The summed E-state index contributed by atoms with van der Waals surface area (Å²) in [5.41, 5.74) is 6.71. The van der Waals surface area contributed by atoms with E-state index in [4.69, 9.17) is 5.73 Å². The zero-order valence-electron chi connectivity index (χ0n) is 13.2. The fraction of sp³-hybridized carbons (Fsp3) is 1.00. The van der Waals surface area contributed by atoms with Gasteiger partial charge >= 0.3 is 0 Å². The SMILES string of the molecule is CCCCCC(CCCCC)N1C[C@@H]2CC[C@]2(N)C1. The van der Waals surface area contributed by atoms with Crippen molar-refractivity contribution < 1.29 is 0 Å². The normalized spacial score (nSPS) is 30.6. The predicted molar refractivity (Wildman–Crippen MR) is 83.3 cm³/mol. The molecule has 1 saturated carbocycles. The van der Waals surface area contributed by atoms with Crippen LogP contribution in [0.3, 0.4) is 0 Å². The molecular weight excluding hydrogens is 232 g/mol. The van der Waals surface area contributed by atoms with Crippen molar-refractivity contribution >= 4 is 0 Å². The van der Waals surface area contributed by atoms with Gasteiger partial charge in [0.05, 0.1) is 0 Å². The monoisotopic (exact) mass is 266 g/mol. The van der Waals surface area contributed by atoms with Gasteiger partial charge in [-0.3, -0.25) is 4.90 Å². The van der Waals surface area contributed by atoms with Crippen molar-refractivity contribution in [2.45, 2.75) is 89.6 Å². The molecule has 112 valence electrons. The van der Waals surface area contributed by atoms with Gasteiger partial charge in [0.25, 0.3) is 0 Å². The molecule has 0 amide bonds. The van der Waals surface area contributed by atoms with E-state index in [-0.39, 0.29) is 5.54 Å². The quantitative estimate of drug-likeness (QED) is 0.641. The average molecular weight is 266 g/mol. The van der Waals surface area contributed by atoms with Crippen molar-refractivity contribution in [1.82, 2.24) is 4.90 Å². The van der Waals surface area contributed by atoms with Gasteiger partial charge in [-0.25, -0.2) is 0 Å². The van der Waals surface area contributed by atoms with E-state index >= 15 is 0 Å². The molecule has 0 unspecified atom stereocenters. The smallest absolute Gasteiger partial charge is 0.0324 e. The molecule has 1 heterocycles. The van der Waals surface area contributed by atoms with Crippen LogP contribution < -0.4 is 5.73 Å². The van der Waals surface area contributed by atoms with Crippen LogP contribution in [0.2, 0.25) is 0 Å². The number of hydrogen-bond donors (Lipinski definition) is 1. The maximum Gasteiger partial charge on any atom is 0.0324 e. The molecular formula is C17H34N2. The van der Waals surface area contributed by atoms with Crippen LogP contribution >= 0.6 is 0 Å². The second-order valence-electron chi connectivity index (χ2n) is 7.04. The van der Waals surface area contributed by atoms with Gasteiger partial charge in [0, 0.05) is 24.7 Å². The molecule has 2 fully saturated rings. The minimum atomic E-state index is 0.202. The number of nitrogens with two attached hydrogens (primary N) is 1. The number of fused-ring (bicyclic) bond motifs is 1. The minimum Gasteiger partial charge on any atom is -0.324 e. The van der Waals surface area contributed by atoms with Crippen LogP contribution in [0.4, 0.5) is 0 Å². The molecule has 1 aliphatic carbocycles. The summed E-state index contributed by atoms with van der Waals surface area (Å²) in [7, 11) is 0. The molecule has 0 bridgehead atoms. The Morgan fingerprint density at radius 1 is 1.11 bits per heavy atom. The number of likely N-dealkylation sites (tertiary alicyclic amines) is 1. The molecule has 0 aromatic heterocycles. The molecule has 0 aromatic carbocycles. The molecule has 2 nitrogen and oxygen atoms in total. The Labute approximate surface area is 120 Å². The van der Waals surface area contributed by atoms with E-state index in [1.54, 1.807) is 0 Å². The van der Waals surface area contributed by atoms with Crippen molar-refractivity contribution in [2.75, 3.05) is 13.1 Å². The van der Waals surface area contributed by atoms with Gasteiger partial charge in [-0.05, 0) is 31.6 Å². The lowest BCUT2D eigenvalue weighted by Crippen LogP contribution is -2.54. The van der Waals surface area contributed by atoms with E-state index in [0.717, 1.165) is 12.0 Å². The first kappa shape index (κ1) is 15.3. The Morgan fingerprint density at radius 3 is 2.11 bits per heavy atom. The Bertz CT molecular complexity index is 256. The third-order valence-electron chi connectivity index (χ3n) is 5.52. The summed E-state index contributed by atoms with van der Waals surface area (Å²) in [4.78, 5) is 2.75. The topological polar surface area (TPSA) is 29.3 Å². The molecule has 2 atom stereocenters. The molecule has 1 saturated heterocycles. The first-order valence-electron chi connectivity index (χ1n) is 8.72. The average Bonchev–Trinajstić information content (AvgIpc) is 2.62. The number of rotatable bonds is 9. The van der Waals surface area contributed by atoms with E-state index < -0.39 is 0 Å². The zero-order valence-corrected chi connectivity index (χ0v) is 13.2. The summed E-state index contributed by atoms with van der Waals surface area (Å²) < 4.78 is 0. The van der Waals surface area contributed by atoms with Crippen molar-refractivity contribution in [3.63, 3.8) is 0 Å². The molecule has 1 aliphatic heterocycles. The van der Waals surface area contributed by atoms with Crippen LogP contribution in [0.25, 0.3) is 0 Å². The van der Waals surface area contributed by atoms with Gasteiger partial charge in [-0.1, -0.05) is 52.4 Å². The molecule has 19 heavy (non-hydrogen) atoms. The van der Waals surface area contributed by atoms with Crippen LogP contribution in [-0.4, -0.2) is 29.6 Å². The number of unbranched alkanes of at least 4 members (excludes halogenated alkanes) is 4. The maximum absolute atomic E-state index is 6.50. The highest BCUT2D eigenvalue weighted by Gasteiger charge is 2.51. The highest BCUT2D eigenvalue weighted by atomic mass is 15.2. The first-order valence-corrected chi connectivity index (χ1v) is 8.72. The second kappa shape index (κ2) is 7.08. The van der Waals surface area contributed by atoms with E-state index in [9.17, 15) is 0 Å². The lowest BCUT2D eigenvalue weighted by atomic mass is 9.70. The van der Waals surface area contributed by atoms with Crippen LogP contribution in [0.15, 0.2) is 0 Å². The van der Waals surface area contributed by atoms with Gasteiger partial charge in [0.2, 0.25) is 0 Å². The highest BCUT2D eigenvalue weighted by Crippen LogP contribution is 2.43. The van der Waals surface area contributed by atoms with E-state index in [0.29, 0.717) is 0 Å². The summed E-state index contributed by atoms with van der Waals surface area (Å²) in [5.74, 6) is 0.812. The standard InChI is InChI=1S/C17H34N2/c1-3-5-7-9-16(10-8-6-4-2)19-13-15-11-12-17(15,18)14-19/h15-16H,3-14,18H2,1-2H3/t15-,17-/m0/s1. The maximum atomic E-state index is 6.50. The van der Waals surface area contributed by atoms with Crippen molar-refractivity contribution in [1.29, 1.82) is 0 Å². The highest BCUT2D eigenvalue weighted by molar-refractivity contribution is 5.09. The Balaban J connectivity index is 1.81. The van der Waals surface area contributed by atoms with Crippen molar-refractivity contribution in [3.8, 4) is 0 Å². The Kier molecular flexibility index (Phi) is 5.70. The van der Waals surface area contributed by atoms with Crippen LogP contribution in [0.1, 0.15) is 78.1 Å². The number of hydrogen-bond acceptors (Lipinski definition) is 2. The molecule has 2 aliphatic rings. The molecule has 0 aromatic rings. The summed E-state index contributed by atoms with van der Waals surface area (Å²) in [6, 6.07) is 0.823. The van der Waals surface area contributed by atoms with Crippen molar-refractivity contribution in [3.05, 3.63) is 0 Å². The lowest BCUT2D eigenvalue weighted by molar-refractivity contribution is 0.184. The number of nitrogens with zero attached hydrogens (tertiary/aromatic N) is 1. The van der Waals surface area contributed by atoms with E-state index in [1.807, 2.05) is 0 Å². The first-order chi connectivity index (χ1) is 9.19. The molecule has 0 spiro atoms. The fourth-order valence-electron chi connectivity index (χ4n) is 3.97. The zero-order chi connectivity index (χ0) is 13.7. The summed E-state index contributed by atoms with van der Waals surface area (Å²) >= 11 is 0. The van der Waals surface area contributed by atoms with Crippen LogP contribution in [-0.2, 0) is 0 Å². The Morgan fingerprint density at radius 2 is 1.74 bits per heavy atom. The fourth-order valence-corrected chi connectivity index (χ4v) is 3.97. The van der Waals surface area contributed by atoms with Gasteiger partial charge in [0.1, 0.15) is 0 Å². The summed E-state index contributed by atoms with van der Waals surface area (Å²) in [6.45, 7) is 7.08. The Hall–Kier alpha value is -0.0800. The summed E-state index contributed by atoms with van der Waals surface area (Å²) in [5, 5.41) is 0. The van der Waals surface area contributed by atoms with E-state index in [2.05, 4.69) is 18.7 Å². The third-order valence-corrected chi connectivity index (χ3v) is 5.52. The van der Waals surface area contributed by atoms with Crippen molar-refractivity contribution in [2.24, 2.45) is 11.7 Å². The van der Waals surface area contributed by atoms with Gasteiger partial charge < -0.3 is 5.73 Å². The van der Waals surface area contributed by atoms with E-state index in [1.165, 1.54) is 77.3 Å².